The normalized spacial score (nSPS) is 9.97. The smallest absolute Gasteiger partial charge is 0.306 e. The molecular weight excluding hydrogens is 418 g/mol. The molecule has 0 aliphatic heterocycles. The van der Waals surface area contributed by atoms with Crippen LogP contribution in [0.15, 0.2) is 54.6 Å². The molecule has 3 N–H and O–H groups in total. The van der Waals surface area contributed by atoms with Crippen molar-refractivity contribution in [1.82, 2.24) is 16.2 Å². The Kier molecular flexibility index (Phi) is 9.96. The van der Waals surface area contributed by atoms with Gasteiger partial charge < -0.3 is 14.8 Å². The van der Waals surface area contributed by atoms with Gasteiger partial charge in [-0.2, -0.15) is 0 Å². The molecule has 0 saturated carbocycles. The molecule has 8 nitrogen and oxygen atoms in total. The third-order valence-electron chi connectivity index (χ3n) is 4.17. The SMILES string of the molecule is COc1ccc(C(=O)NNC(=S)NC(=O)CCC(=O)OCCCc2ccccc2)cc1. The van der Waals surface area contributed by atoms with E-state index in [4.69, 9.17) is 21.7 Å². The number of rotatable bonds is 9. The Balaban J connectivity index is 1.57. The molecule has 9 heteroatoms. The summed E-state index contributed by atoms with van der Waals surface area (Å²) in [7, 11) is 1.53. The maximum absolute atomic E-state index is 12.0. The molecule has 0 fully saturated rings. The number of thiocarbonyl (C=S) groups is 1. The highest BCUT2D eigenvalue weighted by atomic mass is 32.1. The molecule has 0 spiro atoms. The summed E-state index contributed by atoms with van der Waals surface area (Å²) in [6.07, 6.45) is 1.39. The van der Waals surface area contributed by atoms with Gasteiger partial charge in [0.05, 0.1) is 20.1 Å². The molecule has 0 atom stereocenters. The van der Waals surface area contributed by atoms with Gasteiger partial charge in [0, 0.05) is 12.0 Å². The number of amides is 2. The highest BCUT2D eigenvalue weighted by Crippen LogP contribution is 2.10. The minimum Gasteiger partial charge on any atom is -0.497 e. The summed E-state index contributed by atoms with van der Waals surface area (Å²) in [4.78, 5) is 35.6. The lowest BCUT2D eigenvalue weighted by atomic mass is 10.1. The van der Waals surface area contributed by atoms with Crippen molar-refractivity contribution in [1.29, 1.82) is 0 Å². The number of hydrazine groups is 1. The molecule has 0 bridgehead atoms. The second-order valence-corrected chi connectivity index (χ2v) is 6.90. The molecule has 2 rings (SSSR count). The average Bonchev–Trinajstić information content (AvgIpc) is 2.79. The molecular formula is C22H25N3O5S. The first kappa shape index (κ1) is 23.8. The van der Waals surface area contributed by atoms with Crippen molar-refractivity contribution < 1.29 is 23.9 Å². The van der Waals surface area contributed by atoms with Crippen LogP contribution in [0.4, 0.5) is 0 Å². The van der Waals surface area contributed by atoms with Crippen LogP contribution in [-0.4, -0.2) is 36.6 Å². The molecule has 0 radical (unpaired) electrons. The van der Waals surface area contributed by atoms with Crippen LogP contribution in [0, 0.1) is 0 Å². The summed E-state index contributed by atoms with van der Waals surface area (Å²) in [5, 5.41) is 2.31. The Morgan fingerprint density at radius 3 is 2.32 bits per heavy atom. The van der Waals surface area contributed by atoms with E-state index in [1.165, 1.54) is 12.7 Å². The molecule has 0 unspecified atom stereocenters. The molecule has 31 heavy (non-hydrogen) atoms. The highest BCUT2D eigenvalue weighted by Gasteiger charge is 2.11. The van der Waals surface area contributed by atoms with E-state index >= 15 is 0 Å². The predicted molar refractivity (Wildman–Crippen MR) is 119 cm³/mol. The molecule has 0 aliphatic rings. The van der Waals surface area contributed by atoms with E-state index in [0.717, 1.165) is 6.42 Å². The summed E-state index contributed by atoms with van der Waals surface area (Å²) in [6, 6.07) is 16.4. The average molecular weight is 444 g/mol. The van der Waals surface area contributed by atoms with Crippen molar-refractivity contribution in [3.63, 3.8) is 0 Å². The number of methoxy groups -OCH3 is 1. The molecule has 2 aromatic rings. The number of aryl methyl sites for hydroxylation is 1. The third kappa shape index (κ3) is 9.26. The van der Waals surface area contributed by atoms with E-state index in [2.05, 4.69) is 16.2 Å². The Morgan fingerprint density at radius 1 is 0.935 bits per heavy atom. The van der Waals surface area contributed by atoms with Crippen LogP contribution < -0.4 is 20.9 Å². The molecule has 164 valence electrons. The summed E-state index contributed by atoms with van der Waals surface area (Å²) in [5.41, 5.74) is 6.38. The van der Waals surface area contributed by atoms with Crippen LogP contribution in [0.2, 0.25) is 0 Å². The van der Waals surface area contributed by atoms with Crippen LogP contribution in [0.25, 0.3) is 0 Å². The summed E-state index contributed by atoms with van der Waals surface area (Å²) in [5.74, 6) is -0.715. The van der Waals surface area contributed by atoms with E-state index < -0.39 is 17.8 Å². The lowest BCUT2D eigenvalue weighted by Gasteiger charge is -2.11. The maximum Gasteiger partial charge on any atom is 0.306 e. The van der Waals surface area contributed by atoms with Crippen LogP contribution in [-0.2, 0) is 20.7 Å². The number of hydrogen-bond donors (Lipinski definition) is 3. The lowest BCUT2D eigenvalue weighted by molar-refractivity contribution is -0.145. The van der Waals surface area contributed by atoms with E-state index in [1.54, 1.807) is 24.3 Å². The van der Waals surface area contributed by atoms with Gasteiger partial charge >= 0.3 is 5.97 Å². The van der Waals surface area contributed by atoms with Gasteiger partial charge in [-0.1, -0.05) is 30.3 Å². The number of benzene rings is 2. The van der Waals surface area contributed by atoms with E-state index in [1.807, 2.05) is 30.3 Å². The van der Waals surface area contributed by atoms with Crippen molar-refractivity contribution in [2.75, 3.05) is 13.7 Å². The molecule has 2 aromatic carbocycles. The minimum atomic E-state index is -0.461. The van der Waals surface area contributed by atoms with Gasteiger partial charge in [0.25, 0.3) is 5.91 Å². The largest absolute Gasteiger partial charge is 0.497 e. The van der Waals surface area contributed by atoms with Crippen molar-refractivity contribution in [3.05, 3.63) is 65.7 Å². The second-order valence-electron chi connectivity index (χ2n) is 6.49. The topological polar surface area (TPSA) is 106 Å². The van der Waals surface area contributed by atoms with Gasteiger partial charge in [-0.05, 0) is 54.9 Å². The summed E-state index contributed by atoms with van der Waals surface area (Å²) >= 11 is 4.96. The van der Waals surface area contributed by atoms with Crippen molar-refractivity contribution in [3.8, 4) is 5.75 Å². The first-order valence-corrected chi connectivity index (χ1v) is 10.1. The molecule has 0 aromatic heterocycles. The van der Waals surface area contributed by atoms with Crippen LogP contribution >= 0.6 is 12.2 Å². The first-order valence-electron chi connectivity index (χ1n) is 9.71. The van der Waals surface area contributed by atoms with Gasteiger partial charge in [-0.15, -0.1) is 0 Å². The highest BCUT2D eigenvalue weighted by molar-refractivity contribution is 7.80. The number of nitrogens with one attached hydrogen (secondary N) is 3. The van der Waals surface area contributed by atoms with Crippen LogP contribution in [0.1, 0.15) is 35.2 Å². The molecule has 2 amide bonds. The standard InChI is InChI=1S/C22H25N3O5S/c1-29-18-11-9-17(10-12-18)21(28)24-25-22(31)23-19(26)13-14-20(27)30-15-5-8-16-6-3-2-4-7-16/h2-4,6-7,9-12H,5,8,13-15H2,1H3,(H,24,28)(H2,23,25,26,31). The predicted octanol–water partition coefficient (Wildman–Crippen LogP) is 2.29. The number of ether oxygens (including phenoxy) is 2. The van der Waals surface area contributed by atoms with Crippen molar-refractivity contribution in [2.24, 2.45) is 0 Å². The van der Waals surface area contributed by atoms with Gasteiger partial charge in [0.15, 0.2) is 5.11 Å². The zero-order chi connectivity index (χ0) is 22.5. The second kappa shape index (κ2) is 13.0. The Morgan fingerprint density at radius 2 is 1.65 bits per heavy atom. The van der Waals surface area contributed by atoms with Crippen LogP contribution in [0.3, 0.4) is 0 Å². The van der Waals surface area contributed by atoms with Crippen LogP contribution in [0.5, 0.6) is 5.75 Å². The lowest BCUT2D eigenvalue weighted by Crippen LogP contribution is -2.48. The Bertz CT molecular complexity index is 888. The zero-order valence-corrected chi connectivity index (χ0v) is 18.0. The van der Waals surface area contributed by atoms with Crippen molar-refractivity contribution in [2.45, 2.75) is 25.7 Å². The molecule has 0 heterocycles. The summed E-state index contributed by atoms with van der Waals surface area (Å²) < 4.78 is 10.2. The number of esters is 1. The van der Waals surface area contributed by atoms with Gasteiger partial charge in [0.1, 0.15) is 5.75 Å². The zero-order valence-electron chi connectivity index (χ0n) is 17.2. The molecule has 0 aliphatic carbocycles. The fourth-order valence-electron chi connectivity index (χ4n) is 2.54. The van der Waals surface area contributed by atoms with E-state index in [9.17, 15) is 14.4 Å². The fourth-order valence-corrected chi connectivity index (χ4v) is 2.71. The number of carbonyl (C=O) groups is 3. The van der Waals surface area contributed by atoms with E-state index in [0.29, 0.717) is 24.3 Å². The van der Waals surface area contributed by atoms with Crippen molar-refractivity contribution >= 4 is 35.1 Å². The van der Waals surface area contributed by atoms with E-state index in [-0.39, 0.29) is 18.0 Å². The minimum absolute atomic E-state index is 0.0575. The third-order valence-corrected chi connectivity index (χ3v) is 4.37. The Labute approximate surface area is 186 Å². The quantitative estimate of drug-likeness (QED) is 0.236. The number of carbonyl (C=O) groups excluding carboxylic acids is 3. The van der Waals surface area contributed by atoms with Gasteiger partial charge in [-0.3, -0.25) is 25.2 Å². The summed E-state index contributed by atoms with van der Waals surface area (Å²) in [6.45, 7) is 0.298. The maximum atomic E-state index is 12.0. The first-order chi connectivity index (χ1) is 15.0. The fraction of sp³-hybridized carbons (Fsp3) is 0.273. The van der Waals surface area contributed by atoms with Gasteiger partial charge in [0.2, 0.25) is 5.91 Å². The number of hydrogen-bond acceptors (Lipinski definition) is 6. The Hall–Kier alpha value is -3.46. The monoisotopic (exact) mass is 443 g/mol. The van der Waals surface area contributed by atoms with Gasteiger partial charge in [-0.25, -0.2) is 0 Å². The molecule has 0 saturated heterocycles.